The molecular weight excluding hydrogens is 200 g/mol. The molecule has 1 aliphatic rings. The SMILES string of the molecule is CCCC1CCCCN1CCC(C)(O)CN. The van der Waals surface area contributed by atoms with Crippen LogP contribution in [0, 0.1) is 0 Å². The quantitative estimate of drug-likeness (QED) is 0.728. The molecule has 2 unspecified atom stereocenters. The average molecular weight is 228 g/mol. The highest BCUT2D eigenvalue weighted by molar-refractivity contribution is 4.80. The van der Waals surface area contributed by atoms with Gasteiger partial charge >= 0.3 is 0 Å². The molecule has 0 amide bonds. The monoisotopic (exact) mass is 228 g/mol. The van der Waals surface area contributed by atoms with Crippen molar-refractivity contribution in [1.82, 2.24) is 4.90 Å². The van der Waals surface area contributed by atoms with Crippen molar-refractivity contribution < 1.29 is 5.11 Å². The molecule has 0 aromatic rings. The lowest BCUT2D eigenvalue weighted by Crippen LogP contribution is -2.44. The molecule has 0 saturated carbocycles. The molecule has 0 radical (unpaired) electrons. The number of nitrogens with two attached hydrogens (primary N) is 1. The number of likely N-dealkylation sites (tertiary alicyclic amines) is 1. The molecule has 96 valence electrons. The van der Waals surface area contributed by atoms with Crippen LogP contribution in [0.4, 0.5) is 0 Å². The Hall–Kier alpha value is -0.120. The fourth-order valence-corrected chi connectivity index (χ4v) is 2.50. The highest BCUT2D eigenvalue weighted by Crippen LogP contribution is 2.22. The Kier molecular flexibility index (Phi) is 5.73. The number of nitrogens with zero attached hydrogens (tertiary/aromatic N) is 1. The van der Waals surface area contributed by atoms with E-state index in [1.807, 2.05) is 6.92 Å². The number of hydrogen-bond donors (Lipinski definition) is 2. The highest BCUT2D eigenvalue weighted by atomic mass is 16.3. The Balaban J connectivity index is 2.37. The molecule has 0 aliphatic carbocycles. The van der Waals surface area contributed by atoms with Crippen molar-refractivity contribution in [2.45, 2.75) is 64.0 Å². The van der Waals surface area contributed by atoms with Crippen LogP contribution in [-0.4, -0.2) is 41.3 Å². The topological polar surface area (TPSA) is 49.5 Å². The molecule has 1 heterocycles. The third kappa shape index (κ3) is 4.40. The maximum Gasteiger partial charge on any atom is 0.0753 e. The third-order valence-corrected chi connectivity index (χ3v) is 3.75. The van der Waals surface area contributed by atoms with Crippen molar-refractivity contribution in [2.24, 2.45) is 5.73 Å². The van der Waals surface area contributed by atoms with E-state index in [0.29, 0.717) is 6.54 Å². The van der Waals surface area contributed by atoms with E-state index in [1.54, 1.807) is 0 Å². The van der Waals surface area contributed by atoms with Gasteiger partial charge in [-0.15, -0.1) is 0 Å². The van der Waals surface area contributed by atoms with E-state index < -0.39 is 5.60 Å². The van der Waals surface area contributed by atoms with Gasteiger partial charge in [0.05, 0.1) is 5.60 Å². The number of rotatable bonds is 6. The molecule has 3 N–H and O–H groups in total. The summed E-state index contributed by atoms with van der Waals surface area (Å²) >= 11 is 0. The standard InChI is InChI=1S/C13H28N2O/c1-3-6-12-7-4-5-9-15(12)10-8-13(2,16)11-14/h12,16H,3-11,14H2,1-2H3. The zero-order valence-corrected chi connectivity index (χ0v) is 10.9. The molecule has 0 aromatic heterocycles. The minimum absolute atomic E-state index is 0.360. The van der Waals surface area contributed by atoms with Crippen LogP contribution in [0.1, 0.15) is 52.4 Å². The van der Waals surface area contributed by atoms with Crippen molar-refractivity contribution in [1.29, 1.82) is 0 Å². The molecule has 3 heteroatoms. The Morgan fingerprint density at radius 1 is 1.44 bits per heavy atom. The molecule has 1 aliphatic heterocycles. The first-order valence-corrected chi connectivity index (χ1v) is 6.75. The maximum atomic E-state index is 9.92. The van der Waals surface area contributed by atoms with Gasteiger partial charge in [0.1, 0.15) is 0 Å². The molecule has 2 atom stereocenters. The van der Waals surface area contributed by atoms with Gasteiger partial charge in [0.2, 0.25) is 0 Å². The molecule has 1 saturated heterocycles. The van der Waals surface area contributed by atoms with E-state index in [0.717, 1.165) is 19.0 Å². The number of aliphatic hydroxyl groups is 1. The predicted molar refractivity (Wildman–Crippen MR) is 68.4 cm³/mol. The van der Waals surface area contributed by atoms with Gasteiger partial charge in [-0.3, -0.25) is 0 Å². The maximum absolute atomic E-state index is 9.92. The summed E-state index contributed by atoms with van der Waals surface area (Å²) in [6.07, 6.45) is 7.36. The zero-order valence-electron chi connectivity index (χ0n) is 10.9. The first-order valence-electron chi connectivity index (χ1n) is 6.75. The summed E-state index contributed by atoms with van der Waals surface area (Å²) < 4.78 is 0. The second-order valence-corrected chi connectivity index (χ2v) is 5.43. The van der Waals surface area contributed by atoms with Crippen molar-refractivity contribution in [2.75, 3.05) is 19.6 Å². The third-order valence-electron chi connectivity index (χ3n) is 3.75. The van der Waals surface area contributed by atoms with Gasteiger partial charge in [-0.25, -0.2) is 0 Å². The van der Waals surface area contributed by atoms with Crippen LogP contribution in [0.3, 0.4) is 0 Å². The molecule has 3 nitrogen and oxygen atoms in total. The Morgan fingerprint density at radius 2 is 2.19 bits per heavy atom. The molecule has 0 bridgehead atoms. The van der Waals surface area contributed by atoms with Crippen LogP contribution in [0.5, 0.6) is 0 Å². The Labute approximate surface area is 100 Å². The van der Waals surface area contributed by atoms with Gasteiger partial charge in [0.15, 0.2) is 0 Å². The lowest BCUT2D eigenvalue weighted by atomic mass is 9.96. The molecular formula is C13H28N2O. The van der Waals surface area contributed by atoms with Crippen LogP contribution in [0.2, 0.25) is 0 Å². The Morgan fingerprint density at radius 3 is 2.81 bits per heavy atom. The Bertz CT molecular complexity index is 192. The molecule has 1 fully saturated rings. The summed E-state index contributed by atoms with van der Waals surface area (Å²) in [6, 6.07) is 0.743. The van der Waals surface area contributed by atoms with Crippen LogP contribution in [-0.2, 0) is 0 Å². The molecule has 0 spiro atoms. The molecule has 16 heavy (non-hydrogen) atoms. The summed E-state index contributed by atoms with van der Waals surface area (Å²) in [7, 11) is 0. The normalized spacial score (nSPS) is 26.6. The van der Waals surface area contributed by atoms with Gasteiger partial charge in [0, 0.05) is 19.1 Å². The van der Waals surface area contributed by atoms with Crippen molar-refractivity contribution >= 4 is 0 Å². The van der Waals surface area contributed by atoms with Crippen LogP contribution in [0.25, 0.3) is 0 Å². The van der Waals surface area contributed by atoms with Crippen LogP contribution in [0.15, 0.2) is 0 Å². The van der Waals surface area contributed by atoms with E-state index in [9.17, 15) is 5.11 Å². The fourth-order valence-electron chi connectivity index (χ4n) is 2.50. The second kappa shape index (κ2) is 6.58. The minimum Gasteiger partial charge on any atom is -0.389 e. The number of hydrogen-bond acceptors (Lipinski definition) is 3. The lowest BCUT2D eigenvalue weighted by molar-refractivity contribution is 0.0347. The van der Waals surface area contributed by atoms with Crippen molar-refractivity contribution in [3.8, 4) is 0 Å². The predicted octanol–water partition coefficient (Wildman–Crippen LogP) is 1.74. The summed E-state index contributed by atoms with van der Waals surface area (Å²) in [5, 5.41) is 9.92. The van der Waals surface area contributed by atoms with E-state index >= 15 is 0 Å². The second-order valence-electron chi connectivity index (χ2n) is 5.43. The largest absolute Gasteiger partial charge is 0.389 e. The summed E-state index contributed by atoms with van der Waals surface area (Å²) in [6.45, 7) is 6.65. The van der Waals surface area contributed by atoms with Crippen molar-refractivity contribution in [3.05, 3.63) is 0 Å². The molecule has 0 aromatic carbocycles. The van der Waals surface area contributed by atoms with E-state index in [4.69, 9.17) is 5.73 Å². The first-order chi connectivity index (χ1) is 7.59. The van der Waals surface area contributed by atoms with Gasteiger partial charge in [0.25, 0.3) is 0 Å². The number of piperidine rings is 1. The van der Waals surface area contributed by atoms with Gasteiger partial charge < -0.3 is 15.7 Å². The van der Waals surface area contributed by atoms with Gasteiger partial charge in [-0.2, -0.15) is 0 Å². The summed E-state index contributed by atoms with van der Waals surface area (Å²) in [5.74, 6) is 0. The minimum atomic E-state index is -0.686. The first kappa shape index (κ1) is 13.9. The highest BCUT2D eigenvalue weighted by Gasteiger charge is 2.25. The van der Waals surface area contributed by atoms with Gasteiger partial charge in [-0.05, 0) is 39.2 Å². The van der Waals surface area contributed by atoms with E-state index in [1.165, 1.54) is 38.6 Å². The smallest absolute Gasteiger partial charge is 0.0753 e. The summed E-state index contributed by atoms with van der Waals surface area (Å²) in [4.78, 5) is 2.55. The van der Waals surface area contributed by atoms with Crippen LogP contribution < -0.4 is 5.73 Å². The summed E-state index contributed by atoms with van der Waals surface area (Å²) in [5.41, 5.74) is 4.86. The van der Waals surface area contributed by atoms with Crippen molar-refractivity contribution in [3.63, 3.8) is 0 Å². The van der Waals surface area contributed by atoms with E-state index in [2.05, 4.69) is 11.8 Å². The fraction of sp³-hybridized carbons (Fsp3) is 1.00. The molecule has 1 rings (SSSR count). The van der Waals surface area contributed by atoms with E-state index in [-0.39, 0.29) is 0 Å². The zero-order chi connectivity index (χ0) is 12.0. The average Bonchev–Trinajstić information content (AvgIpc) is 2.28. The van der Waals surface area contributed by atoms with Crippen LogP contribution >= 0.6 is 0 Å². The lowest BCUT2D eigenvalue weighted by Gasteiger charge is -2.37. The van der Waals surface area contributed by atoms with Gasteiger partial charge in [-0.1, -0.05) is 19.8 Å².